The van der Waals surface area contributed by atoms with Crippen LogP contribution >= 0.6 is 11.3 Å². The minimum absolute atomic E-state index is 0.246. The number of thiophene rings is 1. The SMILES string of the molecule is CCOC(=O)c1c(-c2ccccc2)csc1NC(=O)/C=C/c1ccc(OCC)c(OC)c1. The minimum atomic E-state index is -0.469. The highest BCUT2D eigenvalue weighted by Crippen LogP contribution is 2.36. The molecule has 166 valence electrons. The summed E-state index contributed by atoms with van der Waals surface area (Å²) in [6.07, 6.45) is 3.08. The van der Waals surface area contributed by atoms with Gasteiger partial charge in [0.2, 0.25) is 5.91 Å². The zero-order valence-electron chi connectivity index (χ0n) is 18.2. The van der Waals surface area contributed by atoms with E-state index in [4.69, 9.17) is 14.2 Å². The summed E-state index contributed by atoms with van der Waals surface area (Å²) in [6.45, 7) is 4.42. The molecule has 0 saturated heterocycles. The van der Waals surface area contributed by atoms with Gasteiger partial charge in [-0.2, -0.15) is 0 Å². The van der Waals surface area contributed by atoms with E-state index in [0.29, 0.717) is 28.7 Å². The summed E-state index contributed by atoms with van der Waals surface area (Å²) >= 11 is 1.29. The van der Waals surface area contributed by atoms with Crippen LogP contribution < -0.4 is 14.8 Å². The Labute approximate surface area is 191 Å². The largest absolute Gasteiger partial charge is 0.493 e. The van der Waals surface area contributed by atoms with Gasteiger partial charge in [0.1, 0.15) is 10.6 Å². The highest BCUT2D eigenvalue weighted by Gasteiger charge is 2.22. The Bertz CT molecular complexity index is 1100. The van der Waals surface area contributed by atoms with Crippen molar-refractivity contribution in [3.8, 4) is 22.6 Å². The van der Waals surface area contributed by atoms with Gasteiger partial charge >= 0.3 is 5.97 Å². The second kappa shape index (κ2) is 11.2. The Morgan fingerprint density at radius 1 is 1.03 bits per heavy atom. The van der Waals surface area contributed by atoms with E-state index in [2.05, 4.69) is 5.32 Å². The summed E-state index contributed by atoms with van der Waals surface area (Å²) in [5.41, 5.74) is 2.74. The Morgan fingerprint density at radius 3 is 2.50 bits per heavy atom. The molecule has 1 aromatic heterocycles. The van der Waals surface area contributed by atoms with Crippen LogP contribution in [-0.2, 0) is 9.53 Å². The molecule has 0 bridgehead atoms. The third-order valence-electron chi connectivity index (χ3n) is 4.51. The van der Waals surface area contributed by atoms with E-state index in [0.717, 1.165) is 16.7 Å². The Hall–Kier alpha value is -3.58. The van der Waals surface area contributed by atoms with Gasteiger partial charge in [-0.05, 0) is 43.2 Å². The number of rotatable bonds is 9. The highest BCUT2D eigenvalue weighted by atomic mass is 32.1. The molecular formula is C25H25NO5S. The molecule has 0 atom stereocenters. The van der Waals surface area contributed by atoms with Gasteiger partial charge in [0, 0.05) is 17.0 Å². The molecule has 3 aromatic rings. The van der Waals surface area contributed by atoms with Crippen LogP contribution in [0.2, 0.25) is 0 Å². The topological polar surface area (TPSA) is 73.9 Å². The number of carbonyl (C=O) groups excluding carboxylic acids is 2. The van der Waals surface area contributed by atoms with Crippen LogP contribution in [0, 0.1) is 0 Å². The van der Waals surface area contributed by atoms with E-state index >= 15 is 0 Å². The van der Waals surface area contributed by atoms with E-state index in [1.165, 1.54) is 17.4 Å². The summed E-state index contributed by atoms with van der Waals surface area (Å²) < 4.78 is 16.1. The molecule has 0 saturated carbocycles. The smallest absolute Gasteiger partial charge is 0.341 e. The van der Waals surface area contributed by atoms with E-state index in [9.17, 15) is 9.59 Å². The molecule has 0 radical (unpaired) electrons. The molecule has 7 heteroatoms. The maximum Gasteiger partial charge on any atom is 0.341 e. The molecule has 1 N–H and O–H groups in total. The van der Waals surface area contributed by atoms with Gasteiger partial charge < -0.3 is 19.5 Å². The summed E-state index contributed by atoms with van der Waals surface area (Å²) in [7, 11) is 1.57. The highest BCUT2D eigenvalue weighted by molar-refractivity contribution is 7.15. The standard InChI is InChI=1S/C25H25NO5S/c1-4-30-20-13-11-17(15-21(20)29-3)12-14-22(27)26-24-23(25(28)31-5-2)19(16-32-24)18-9-7-6-8-10-18/h6-16H,4-5H2,1-3H3,(H,26,27)/b14-12+. The lowest BCUT2D eigenvalue weighted by Gasteiger charge is -2.09. The van der Waals surface area contributed by atoms with E-state index in [1.54, 1.807) is 32.2 Å². The Balaban J connectivity index is 1.82. The molecule has 0 spiro atoms. The van der Waals surface area contributed by atoms with Crippen molar-refractivity contribution < 1.29 is 23.8 Å². The predicted molar refractivity (Wildman–Crippen MR) is 128 cm³/mol. The van der Waals surface area contributed by atoms with Crippen molar-refractivity contribution in [2.24, 2.45) is 0 Å². The van der Waals surface area contributed by atoms with Crippen molar-refractivity contribution in [1.82, 2.24) is 0 Å². The molecule has 3 rings (SSSR count). The number of benzene rings is 2. The van der Waals surface area contributed by atoms with E-state index in [-0.39, 0.29) is 12.5 Å². The fourth-order valence-electron chi connectivity index (χ4n) is 3.07. The van der Waals surface area contributed by atoms with Crippen LogP contribution in [-0.4, -0.2) is 32.2 Å². The maximum atomic E-state index is 12.6. The van der Waals surface area contributed by atoms with Crippen LogP contribution in [0.25, 0.3) is 17.2 Å². The zero-order valence-corrected chi connectivity index (χ0v) is 19.0. The average molecular weight is 452 g/mol. The van der Waals surface area contributed by atoms with Gasteiger partial charge in [0.25, 0.3) is 0 Å². The molecule has 1 heterocycles. The number of esters is 1. The first-order valence-corrected chi connectivity index (χ1v) is 11.1. The first-order chi connectivity index (χ1) is 15.6. The van der Waals surface area contributed by atoms with Crippen molar-refractivity contribution in [2.75, 3.05) is 25.6 Å². The lowest BCUT2D eigenvalue weighted by molar-refractivity contribution is -0.111. The first-order valence-electron chi connectivity index (χ1n) is 10.2. The lowest BCUT2D eigenvalue weighted by atomic mass is 10.0. The number of hydrogen-bond acceptors (Lipinski definition) is 6. The van der Waals surface area contributed by atoms with E-state index in [1.807, 2.05) is 48.7 Å². The van der Waals surface area contributed by atoms with Crippen molar-refractivity contribution in [3.63, 3.8) is 0 Å². The third-order valence-corrected chi connectivity index (χ3v) is 5.40. The second-order valence-electron chi connectivity index (χ2n) is 6.61. The fourth-order valence-corrected chi connectivity index (χ4v) is 4.03. The molecular weight excluding hydrogens is 426 g/mol. The normalized spacial score (nSPS) is 10.7. The number of hydrogen-bond donors (Lipinski definition) is 1. The lowest BCUT2D eigenvalue weighted by Crippen LogP contribution is -2.12. The number of ether oxygens (including phenoxy) is 3. The third kappa shape index (κ3) is 5.56. The van der Waals surface area contributed by atoms with Gasteiger partial charge in [0.05, 0.1) is 20.3 Å². The van der Waals surface area contributed by atoms with Gasteiger partial charge in [-0.15, -0.1) is 11.3 Å². The number of nitrogens with one attached hydrogen (secondary N) is 1. The zero-order chi connectivity index (χ0) is 22.9. The fraction of sp³-hybridized carbons (Fsp3) is 0.200. The number of anilines is 1. The molecule has 0 unspecified atom stereocenters. The van der Waals surface area contributed by atoms with Crippen LogP contribution in [0.3, 0.4) is 0 Å². The van der Waals surface area contributed by atoms with Crippen molar-refractivity contribution in [3.05, 3.63) is 71.1 Å². The first kappa shape index (κ1) is 23.1. The van der Waals surface area contributed by atoms with E-state index < -0.39 is 5.97 Å². The monoisotopic (exact) mass is 451 g/mol. The molecule has 0 fully saturated rings. The predicted octanol–water partition coefficient (Wildman–Crippen LogP) is 5.65. The second-order valence-corrected chi connectivity index (χ2v) is 7.49. The molecule has 0 aliphatic heterocycles. The summed E-state index contributed by atoms with van der Waals surface area (Å²) in [5, 5.41) is 5.10. The van der Waals surface area contributed by atoms with Crippen LogP contribution in [0.15, 0.2) is 60.0 Å². The Kier molecular flexibility index (Phi) is 8.05. The quantitative estimate of drug-likeness (QED) is 0.336. The molecule has 1 amide bonds. The summed E-state index contributed by atoms with van der Waals surface area (Å²) in [6, 6.07) is 14.9. The maximum absolute atomic E-state index is 12.6. The number of carbonyl (C=O) groups is 2. The average Bonchev–Trinajstić information content (AvgIpc) is 3.22. The van der Waals surface area contributed by atoms with Crippen LogP contribution in [0.4, 0.5) is 5.00 Å². The van der Waals surface area contributed by atoms with Gasteiger partial charge in [-0.3, -0.25) is 4.79 Å². The number of amides is 1. The molecule has 6 nitrogen and oxygen atoms in total. The molecule has 2 aromatic carbocycles. The molecule has 32 heavy (non-hydrogen) atoms. The summed E-state index contributed by atoms with van der Waals surface area (Å²) in [5.74, 6) is 0.403. The van der Waals surface area contributed by atoms with Gasteiger partial charge in [-0.25, -0.2) is 4.79 Å². The van der Waals surface area contributed by atoms with Gasteiger partial charge in [-0.1, -0.05) is 36.4 Å². The summed E-state index contributed by atoms with van der Waals surface area (Å²) in [4.78, 5) is 25.2. The van der Waals surface area contributed by atoms with Gasteiger partial charge in [0.15, 0.2) is 11.5 Å². The number of methoxy groups -OCH3 is 1. The van der Waals surface area contributed by atoms with Crippen molar-refractivity contribution >= 4 is 34.3 Å². The molecule has 0 aliphatic rings. The van der Waals surface area contributed by atoms with Crippen molar-refractivity contribution in [1.29, 1.82) is 0 Å². The van der Waals surface area contributed by atoms with Crippen LogP contribution in [0.5, 0.6) is 11.5 Å². The van der Waals surface area contributed by atoms with Crippen LogP contribution in [0.1, 0.15) is 29.8 Å². The van der Waals surface area contributed by atoms with Crippen molar-refractivity contribution in [2.45, 2.75) is 13.8 Å². The molecule has 0 aliphatic carbocycles. The Morgan fingerprint density at radius 2 is 1.81 bits per heavy atom. The minimum Gasteiger partial charge on any atom is -0.493 e.